The van der Waals surface area contributed by atoms with Gasteiger partial charge in [0, 0.05) is 7.05 Å². The Morgan fingerprint density at radius 2 is 2.22 bits per heavy atom. The maximum atomic E-state index is 10.8. The summed E-state index contributed by atoms with van der Waals surface area (Å²) in [5.74, 6) is -0.173. The Morgan fingerprint density at radius 3 is 2.78 bits per heavy atom. The van der Waals surface area contributed by atoms with E-state index in [2.05, 4.69) is 0 Å². The zero-order valence-corrected chi connectivity index (χ0v) is 10.5. The second-order valence-electron chi connectivity index (χ2n) is 3.91. The van der Waals surface area contributed by atoms with Crippen LogP contribution in [0.25, 0.3) is 0 Å². The molecule has 5 heteroatoms. The lowest BCUT2D eigenvalue weighted by atomic mass is 10.2. The molecule has 0 saturated heterocycles. The van der Waals surface area contributed by atoms with Crippen molar-refractivity contribution in [2.75, 3.05) is 11.9 Å². The molecule has 0 spiro atoms. The van der Waals surface area contributed by atoms with E-state index in [1.54, 1.807) is 12.3 Å². The third kappa shape index (κ3) is 2.65. The molecule has 0 fully saturated rings. The number of nitrogens with zero attached hydrogens (tertiary/aromatic N) is 1. The molecule has 2 rings (SSSR count). The van der Waals surface area contributed by atoms with Gasteiger partial charge in [-0.2, -0.15) is 0 Å². The van der Waals surface area contributed by atoms with E-state index >= 15 is 0 Å². The topological polar surface area (TPSA) is 53.7 Å². The molecular weight excluding hydrogens is 254 g/mol. The van der Waals surface area contributed by atoms with Crippen LogP contribution in [0.5, 0.6) is 0 Å². The van der Waals surface area contributed by atoms with E-state index in [0.29, 0.717) is 11.6 Å². The van der Waals surface area contributed by atoms with E-state index in [9.17, 15) is 4.79 Å². The lowest BCUT2D eigenvalue weighted by Gasteiger charge is -2.19. The third-order valence-electron chi connectivity index (χ3n) is 2.58. The Hall–Kier alpha value is -1.94. The van der Waals surface area contributed by atoms with E-state index in [0.717, 1.165) is 11.4 Å². The van der Waals surface area contributed by atoms with E-state index < -0.39 is 5.97 Å². The highest BCUT2D eigenvalue weighted by Gasteiger charge is 2.11. The summed E-state index contributed by atoms with van der Waals surface area (Å²) in [4.78, 5) is 12.7. The standard InChI is InChI=1S/C13H12ClNO3/c1-15(8-10-3-2-6-18-10)12-5-4-9(13(16)17)7-11(12)14/h2-7H,8H2,1H3,(H,16,17). The van der Waals surface area contributed by atoms with Crippen molar-refractivity contribution in [3.63, 3.8) is 0 Å². The first kappa shape index (κ1) is 12.5. The van der Waals surface area contributed by atoms with Crippen LogP contribution in [0, 0.1) is 0 Å². The Labute approximate surface area is 109 Å². The molecule has 0 radical (unpaired) electrons. The molecule has 0 aliphatic carbocycles. The van der Waals surface area contributed by atoms with E-state index in [-0.39, 0.29) is 5.56 Å². The van der Waals surface area contributed by atoms with Crippen LogP contribution in [0.4, 0.5) is 5.69 Å². The van der Waals surface area contributed by atoms with Gasteiger partial charge in [0.05, 0.1) is 29.1 Å². The van der Waals surface area contributed by atoms with Crippen LogP contribution in [0.15, 0.2) is 41.0 Å². The number of hydrogen-bond donors (Lipinski definition) is 1. The van der Waals surface area contributed by atoms with Gasteiger partial charge in [-0.05, 0) is 30.3 Å². The van der Waals surface area contributed by atoms with Crippen LogP contribution in [0.3, 0.4) is 0 Å². The first-order valence-electron chi connectivity index (χ1n) is 5.34. The Morgan fingerprint density at radius 1 is 1.44 bits per heavy atom. The van der Waals surface area contributed by atoms with Crippen molar-refractivity contribution in [2.45, 2.75) is 6.54 Å². The molecule has 0 amide bonds. The van der Waals surface area contributed by atoms with E-state index in [4.69, 9.17) is 21.1 Å². The van der Waals surface area contributed by atoms with Crippen molar-refractivity contribution in [1.29, 1.82) is 0 Å². The first-order valence-corrected chi connectivity index (χ1v) is 5.72. The summed E-state index contributed by atoms with van der Waals surface area (Å²) in [6.07, 6.45) is 1.61. The largest absolute Gasteiger partial charge is 0.478 e. The lowest BCUT2D eigenvalue weighted by molar-refractivity contribution is 0.0697. The summed E-state index contributed by atoms with van der Waals surface area (Å²) < 4.78 is 5.25. The molecule has 18 heavy (non-hydrogen) atoms. The normalized spacial score (nSPS) is 10.3. The minimum Gasteiger partial charge on any atom is -0.478 e. The van der Waals surface area contributed by atoms with Crippen molar-refractivity contribution in [2.24, 2.45) is 0 Å². The zero-order valence-electron chi connectivity index (χ0n) is 9.76. The molecule has 0 aliphatic rings. The zero-order chi connectivity index (χ0) is 13.1. The minimum atomic E-state index is -0.989. The van der Waals surface area contributed by atoms with Crippen LogP contribution < -0.4 is 4.90 Å². The van der Waals surface area contributed by atoms with Gasteiger partial charge in [0.2, 0.25) is 0 Å². The van der Waals surface area contributed by atoms with Crippen LogP contribution in [0.2, 0.25) is 5.02 Å². The van der Waals surface area contributed by atoms with Gasteiger partial charge >= 0.3 is 5.97 Å². The predicted molar refractivity (Wildman–Crippen MR) is 69.2 cm³/mol. The number of carboxylic acids is 1. The average Bonchev–Trinajstić information content (AvgIpc) is 2.81. The summed E-state index contributed by atoms with van der Waals surface area (Å²) in [5.41, 5.74) is 0.938. The molecule has 0 saturated carbocycles. The van der Waals surface area contributed by atoms with Crippen molar-refractivity contribution < 1.29 is 14.3 Å². The fraction of sp³-hybridized carbons (Fsp3) is 0.154. The molecule has 0 atom stereocenters. The number of anilines is 1. The second-order valence-corrected chi connectivity index (χ2v) is 4.31. The number of carbonyl (C=O) groups is 1. The molecular formula is C13H12ClNO3. The van der Waals surface area contributed by atoms with Crippen molar-refractivity contribution in [3.05, 3.63) is 52.9 Å². The highest BCUT2D eigenvalue weighted by molar-refractivity contribution is 6.33. The number of halogens is 1. The van der Waals surface area contributed by atoms with Crippen LogP contribution in [-0.4, -0.2) is 18.1 Å². The van der Waals surface area contributed by atoms with Crippen LogP contribution in [0.1, 0.15) is 16.1 Å². The summed E-state index contributed by atoms with van der Waals surface area (Å²) in [5, 5.41) is 9.27. The Balaban J connectivity index is 2.20. The molecule has 2 aromatic rings. The van der Waals surface area contributed by atoms with Gasteiger partial charge < -0.3 is 14.4 Å². The maximum absolute atomic E-state index is 10.8. The number of carboxylic acid groups (broad SMARTS) is 1. The molecule has 1 aromatic carbocycles. The predicted octanol–water partition coefficient (Wildman–Crippen LogP) is 3.27. The fourth-order valence-corrected chi connectivity index (χ4v) is 2.00. The summed E-state index contributed by atoms with van der Waals surface area (Å²) >= 11 is 6.07. The number of furan rings is 1. The molecule has 1 aromatic heterocycles. The first-order chi connectivity index (χ1) is 8.58. The van der Waals surface area contributed by atoms with Gasteiger partial charge in [0.1, 0.15) is 5.76 Å². The lowest BCUT2D eigenvalue weighted by Crippen LogP contribution is -2.16. The molecule has 0 aliphatic heterocycles. The van der Waals surface area contributed by atoms with Crippen LogP contribution in [-0.2, 0) is 6.54 Å². The summed E-state index contributed by atoms with van der Waals surface area (Å²) in [7, 11) is 1.87. The number of benzene rings is 1. The Bertz CT molecular complexity index is 551. The highest BCUT2D eigenvalue weighted by atomic mass is 35.5. The van der Waals surface area contributed by atoms with Gasteiger partial charge in [-0.1, -0.05) is 11.6 Å². The number of rotatable bonds is 4. The third-order valence-corrected chi connectivity index (χ3v) is 2.88. The van der Waals surface area contributed by atoms with E-state index in [1.165, 1.54) is 12.1 Å². The molecule has 0 unspecified atom stereocenters. The number of aromatic carboxylic acids is 1. The van der Waals surface area contributed by atoms with Gasteiger partial charge in [-0.25, -0.2) is 4.79 Å². The van der Waals surface area contributed by atoms with Crippen molar-refractivity contribution in [1.82, 2.24) is 0 Å². The maximum Gasteiger partial charge on any atom is 0.335 e. The SMILES string of the molecule is CN(Cc1ccco1)c1ccc(C(=O)O)cc1Cl. The molecule has 1 heterocycles. The van der Waals surface area contributed by atoms with Gasteiger partial charge in [0.15, 0.2) is 0 Å². The van der Waals surface area contributed by atoms with Crippen LogP contribution >= 0.6 is 11.6 Å². The minimum absolute atomic E-state index is 0.176. The quantitative estimate of drug-likeness (QED) is 0.922. The van der Waals surface area contributed by atoms with E-state index in [1.807, 2.05) is 24.1 Å². The molecule has 0 bridgehead atoms. The second kappa shape index (κ2) is 5.14. The summed E-state index contributed by atoms with van der Waals surface area (Å²) in [6.45, 7) is 0.569. The molecule has 4 nitrogen and oxygen atoms in total. The van der Waals surface area contributed by atoms with Gasteiger partial charge in [-0.3, -0.25) is 0 Å². The van der Waals surface area contributed by atoms with Gasteiger partial charge in [0.25, 0.3) is 0 Å². The van der Waals surface area contributed by atoms with Crippen molar-refractivity contribution >= 4 is 23.3 Å². The fourth-order valence-electron chi connectivity index (χ4n) is 1.67. The highest BCUT2D eigenvalue weighted by Crippen LogP contribution is 2.27. The molecule has 94 valence electrons. The van der Waals surface area contributed by atoms with Crippen molar-refractivity contribution in [3.8, 4) is 0 Å². The Kier molecular flexibility index (Phi) is 3.58. The smallest absolute Gasteiger partial charge is 0.335 e. The average molecular weight is 266 g/mol. The molecule has 1 N–H and O–H groups in total. The number of hydrogen-bond acceptors (Lipinski definition) is 3. The van der Waals surface area contributed by atoms with Gasteiger partial charge in [-0.15, -0.1) is 0 Å². The summed E-state index contributed by atoms with van der Waals surface area (Å²) in [6, 6.07) is 8.35. The monoisotopic (exact) mass is 265 g/mol.